The van der Waals surface area contributed by atoms with Crippen LogP contribution < -0.4 is 0 Å². The molecule has 1 aromatic heterocycles. The van der Waals surface area contributed by atoms with Crippen molar-refractivity contribution in [1.29, 1.82) is 0 Å². The monoisotopic (exact) mass is 217 g/mol. The summed E-state index contributed by atoms with van der Waals surface area (Å²) in [5.41, 5.74) is 4.91. The molecule has 3 heteroatoms. The van der Waals surface area contributed by atoms with E-state index in [9.17, 15) is 0 Å². The second-order valence-corrected chi connectivity index (χ2v) is 5.97. The van der Waals surface area contributed by atoms with Gasteiger partial charge in [-0.15, -0.1) is 0 Å². The van der Waals surface area contributed by atoms with Crippen LogP contribution in [0.4, 0.5) is 0 Å². The molecule has 0 saturated heterocycles. The summed E-state index contributed by atoms with van der Waals surface area (Å²) in [4.78, 5) is 2.42. The van der Waals surface area contributed by atoms with E-state index >= 15 is 0 Å². The summed E-state index contributed by atoms with van der Waals surface area (Å²) in [5.74, 6) is 0.965. The molecule has 2 saturated carbocycles. The molecule has 3 nitrogen and oxygen atoms in total. The van der Waals surface area contributed by atoms with Crippen LogP contribution in [0.25, 0.3) is 0 Å². The van der Waals surface area contributed by atoms with E-state index in [0.29, 0.717) is 5.41 Å². The van der Waals surface area contributed by atoms with Crippen molar-refractivity contribution in [2.24, 2.45) is 5.92 Å². The molecule has 1 N–H and O–H groups in total. The minimum atomic E-state index is 0.516. The number of rotatable bonds is 1. The molecule has 16 heavy (non-hydrogen) atoms. The largest absolute Gasteiger partial charge is 0.302 e. The molecular weight excluding hydrogens is 198 g/mol. The molecule has 2 fully saturated rings. The van der Waals surface area contributed by atoms with Crippen molar-refractivity contribution in [3.05, 3.63) is 17.0 Å². The molecule has 1 aliphatic heterocycles. The minimum absolute atomic E-state index is 0.516. The second-order valence-electron chi connectivity index (χ2n) is 5.97. The molecule has 0 spiro atoms. The number of hydrogen-bond donors (Lipinski definition) is 1. The van der Waals surface area contributed by atoms with E-state index in [2.05, 4.69) is 22.1 Å². The zero-order valence-electron chi connectivity index (χ0n) is 9.92. The van der Waals surface area contributed by atoms with Gasteiger partial charge >= 0.3 is 0 Å². The Labute approximate surface area is 96.2 Å². The Balaban J connectivity index is 1.77. The maximum atomic E-state index is 4.68. The molecule has 2 unspecified atom stereocenters. The predicted octanol–water partition coefficient (Wildman–Crippen LogP) is 1.84. The number of fused-ring (bicyclic) bond motifs is 2. The third-order valence-electron chi connectivity index (χ3n) is 5.00. The summed E-state index contributed by atoms with van der Waals surface area (Å²) in [5, 5.41) is 7.97. The van der Waals surface area contributed by atoms with Crippen molar-refractivity contribution < 1.29 is 0 Å². The maximum Gasteiger partial charge on any atom is 0.0734 e. The summed E-state index contributed by atoms with van der Waals surface area (Å²) >= 11 is 0. The van der Waals surface area contributed by atoms with Crippen molar-refractivity contribution in [3.8, 4) is 0 Å². The van der Waals surface area contributed by atoms with Gasteiger partial charge in [0.2, 0.25) is 0 Å². The lowest BCUT2D eigenvalue weighted by Crippen LogP contribution is -2.27. The van der Waals surface area contributed by atoms with Crippen LogP contribution in [0.1, 0.15) is 42.6 Å². The quantitative estimate of drug-likeness (QED) is 0.778. The third kappa shape index (κ3) is 1.05. The first-order valence-electron chi connectivity index (χ1n) is 6.55. The Morgan fingerprint density at radius 2 is 2.44 bits per heavy atom. The van der Waals surface area contributed by atoms with E-state index in [1.54, 1.807) is 0 Å². The van der Waals surface area contributed by atoms with Gasteiger partial charge in [0, 0.05) is 36.2 Å². The number of likely N-dealkylation sites (N-methyl/N-ethyl adjacent to an activating group) is 1. The first kappa shape index (κ1) is 9.23. The molecule has 4 rings (SSSR count). The lowest BCUT2D eigenvalue weighted by atomic mass is 9.93. The fourth-order valence-electron chi connectivity index (χ4n) is 3.98. The molecule has 2 aliphatic carbocycles. The van der Waals surface area contributed by atoms with Gasteiger partial charge in [-0.05, 0) is 32.2 Å². The maximum absolute atomic E-state index is 4.68. The Morgan fingerprint density at radius 1 is 1.50 bits per heavy atom. The first-order valence-corrected chi connectivity index (χ1v) is 6.55. The highest BCUT2D eigenvalue weighted by molar-refractivity contribution is 5.39. The normalized spacial score (nSPS) is 37.2. The van der Waals surface area contributed by atoms with Crippen LogP contribution in [-0.4, -0.2) is 28.7 Å². The SMILES string of the molecule is CN1CCc2[nH]nc(C34CCCC3C4)c2C1. The lowest BCUT2D eigenvalue weighted by molar-refractivity contribution is 0.309. The van der Waals surface area contributed by atoms with Gasteiger partial charge in [-0.1, -0.05) is 6.42 Å². The number of nitrogens with one attached hydrogen (secondary N) is 1. The molecule has 1 aromatic rings. The summed E-state index contributed by atoms with van der Waals surface area (Å²) < 4.78 is 0. The number of H-pyrrole nitrogens is 1. The molecule has 3 aliphatic rings. The fourth-order valence-corrected chi connectivity index (χ4v) is 3.98. The van der Waals surface area contributed by atoms with Gasteiger partial charge in [0.05, 0.1) is 5.69 Å². The Kier molecular flexibility index (Phi) is 1.67. The van der Waals surface area contributed by atoms with Crippen molar-refractivity contribution >= 4 is 0 Å². The average Bonchev–Trinajstić information content (AvgIpc) is 2.69. The van der Waals surface area contributed by atoms with Gasteiger partial charge in [-0.3, -0.25) is 5.10 Å². The predicted molar refractivity (Wildman–Crippen MR) is 62.3 cm³/mol. The highest BCUT2D eigenvalue weighted by Gasteiger charge is 2.60. The van der Waals surface area contributed by atoms with Gasteiger partial charge in [0.25, 0.3) is 0 Å². The van der Waals surface area contributed by atoms with E-state index in [1.165, 1.54) is 49.2 Å². The lowest BCUT2D eigenvalue weighted by Gasteiger charge is -2.23. The zero-order chi connectivity index (χ0) is 10.8. The van der Waals surface area contributed by atoms with Gasteiger partial charge < -0.3 is 4.90 Å². The molecule has 2 atom stereocenters. The molecule has 0 radical (unpaired) electrons. The van der Waals surface area contributed by atoms with E-state index in [-0.39, 0.29) is 0 Å². The standard InChI is InChI=1S/C13H19N3/c1-16-6-4-11-10(8-16)12(15-14-11)13-5-2-3-9(13)7-13/h9H,2-8H2,1H3,(H,14,15). The zero-order valence-corrected chi connectivity index (χ0v) is 9.92. The molecule has 0 aromatic carbocycles. The van der Waals surface area contributed by atoms with Crippen LogP contribution in [0, 0.1) is 5.92 Å². The van der Waals surface area contributed by atoms with Crippen LogP contribution >= 0.6 is 0 Å². The summed E-state index contributed by atoms with van der Waals surface area (Å²) in [6.45, 7) is 2.28. The van der Waals surface area contributed by atoms with Crippen LogP contribution in [0.5, 0.6) is 0 Å². The topological polar surface area (TPSA) is 31.9 Å². The van der Waals surface area contributed by atoms with Gasteiger partial charge in [-0.2, -0.15) is 5.10 Å². The summed E-state index contributed by atoms with van der Waals surface area (Å²) in [7, 11) is 2.22. The van der Waals surface area contributed by atoms with Crippen LogP contribution in [-0.2, 0) is 18.4 Å². The third-order valence-corrected chi connectivity index (χ3v) is 5.00. The van der Waals surface area contributed by atoms with Crippen LogP contribution in [0.2, 0.25) is 0 Å². The number of nitrogens with zero attached hydrogens (tertiary/aromatic N) is 2. The highest BCUT2D eigenvalue weighted by Crippen LogP contribution is 2.64. The summed E-state index contributed by atoms with van der Waals surface area (Å²) in [6.07, 6.45) is 6.81. The van der Waals surface area contributed by atoms with E-state index in [1.807, 2.05) is 0 Å². The van der Waals surface area contributed by atoms with E-state index in [0.717, 1.165) is 18.9 Å². The summed E-state index contributed by atoms with van der Waals surface area (Å²) in [6, 6.07) is 0. The van der Waals surface area contributed by atoms with Crippen molar-refractivity contribution in [1.82, 2.24) is 15.1 Å². The van der Waals surface area contributed by atoms with Gasteiger partial charge in [0.15, 0.2) is 0 Å². The fraction of sp³-hybridized carbons (Fsp3) is 0.769. The first-order chi connectivity index (χ1) is 7.79. The number of aromatic nitrogens is 2. The van der Waals surface area contributed by atoms with E-state index < -0.39 is 0 Å². The molecular formula is C13H19N3. The molecule has 0 bridgehead atoms. The highest BCUT2D eigenvalue weighted by atomic mass is 15.2. The average molecular weight is 217 g/mol. The van der Waals surface area contributed by atoms with E-state index in [4.69, 9.17) is 0 Å². The number of hydrogen-bond acceptors (Lipinski definition) is 2. The van der Waals surface area contributed by atoms with Crippen molar-refractivity contribution in [2.45, 2.75) is 44.1 Å². The van der Waals surface area contributed by atoms with Crippen molar-refractivity contribution in [2.75, 3.05) is 13.6 Å². The van der Waals surface area contributed by atoms with Crippen molar-refractivity contribution in [3.63, 3.8) is 0 Å². The molecule has 2 heterocycles. The number of aromatic amines is 1. The van der Waals surface area contributed by atoms with Gasteiger partial charge in [-0.25, -0.2) is 0 Å². The van der Waals surface area contributed by atoms with Crippen LogP contribution in [0.3, 0.4) is 0 Å². The smallest absolute Gasteiger partial charge is 0.0734 e. The minimum Gasteiger partial charge on any atom is -0.302 e. The molecule has 86 valence electrons. The van der Waals surface area contributed by atoms with Crippen LogP contribution in [0.15, 0.2) is 0 Å². The van der Waals surface area contributed by atoms with Gasteiger partial charge in [0.1, 0.15) is 0 Å². The Morgan fingerprint density at radius 3 is 3.19 bits per heavy atom. The Hall–Kier alpha value is -0.830. The molecule has 0 amide bonds. The Bertz CT molecular complexity index is 436. The second kappa shape index (κ2) is 2.89.